The minimum atomic E-state index is -0.770. The Morgan fingerprint density at radius 2 is 2.43 bits per heavy atom. The molecular formula is C11H14IN5O4. The average molecular weight is 407 g/mol. The van der Waals surface area contributed by atoms with Crippen molar-refractivity contribution in [3.05, 3.63) is 16.7 Å². The molecule has 1 saturated heterocycles. The van der Waals surface area contributed by atoms with Gasteiger partial charge in [-0.05, 0) is 0 Å². The van der Waals surface area contributed by atoms with Gasteiger partial charge in [-0.1, -0.05) is 22.6 Å². The number of hydrogen-bond donors (Lipinski definition) is 3. The third-order valence-electron chi connectivity index (χ3n) is 3.46. The monoisotopic (exact) mass is 407 g/mol. The molecule has 0 aliphatic carbocycles. The van der Waals surface area contributed by atoms with Crippen LogP contribution in [0.1, 0.15) is 6.23 Å². The van der Waals surface area contributed by atoms with E-state index in [-0.39, 0.29) is 17.6 Å². The number of H-pyrrole nitrogens is 1. The molecule has 114 valence electrons. The molecule has 2 aromatic heterocycles. The second kappa shape index (κ2) is 5.51. The van der Waals surface area contributed by atoms with E-state index in [0.29, 0.717) is 10.1 Å². The highest BCUT2D eigenvalue weighted by atomic mass is 127. The zero-order valence-corrected chi connectivity index (χ0v) is 13.2. The highest BCUT2D eigenvalue weighted by Crippen LogP contribution is 2.33. The fourth-order valence-electron chi connectivity index (χ4n) is 2.45. The van der Waals surface area contributed by atoms with Crippen molar-refractivity contribution in [1.82, 2.24) is 19.5 Å². The summed E-state index contributed by atoms with van der Waals surface area (Å²) in [5, 5.41) is 10.2. The number of aliphatic hydroxyl groups is 1. The first kappa shape index (κ1) is 14.7. The maximum Gasteiger partial charge on any atom is 0.280 e. The van der Waals surface area contributed by atoms with Gasteiger partial charge in [0.25, 0.3) is 5.56 Å². The topological polar surface area (TPSA) is 128 Å². The van der Waals surface area contributed by atoms with Crippen LogP contribution in [-0.2, 0) is 9.47 Å². The number of hydrogen-bond acceptors (Lipinski definition) is 7. The van der Waals surface area contributed by atoms with Crippen molar-refractivity contribution in [1.29, 1.82) is 0 Å². The molecule has 4 N–H and O–H groups in total. The van der Waals surface area contributed by atoms with E-state index >= 15 is 0 Å². The molecule has 0 spiro atoms. The van der Waals surface area contributed by atoms with E-state index in [9.17, 15) is 9.90 Å². The number of aromatic nitrogens is 4. The van der Waals surface area contributed by atoms with Gasteiger partial charge in [0.1, 0.15) is 12.2 Å². The zero-order valence-electron chi connectivity index (χ0n) is 11.1. The van der Waals surface area contributed by atoms with Crippen LogP contribution in [-0.4, -0.2) is 54.5 Å². The molecule has 21 heavy (non-hydrogen) atoms. The number of imidazole rings is 1. The molecule has 0 amide bonds. The van der Waals surface area contributed by atoms with E-state index in [0.717, 1.165) is 0 Å². The third kappa shape index (κ3) is 2.31. The lowest BCUT2D eigenvalue weighted by Gasteiger charge is -2.19. The maximum atomic E-state index is 11.8. The molecule has 3 heterocycles. The predicted octanol–water partition coefficient (Wildman–Crippen LogP) is -0.590. The number of rotatable bonds is 3. The number of nitrogens with two attached hydrogens (primary N) is 1. The van der Waals surface area contributed by atoms with Gasteiger partial charge in [0.05, 0.1) is 12.4 Å². The first-order valence-corrected chi connectivity index (χ1v) is 7.74. The summed E-state index contributed by atoms with van der Waals surface area (Å²) in [4.78, 5) is 22.3. The van der Waals surface area contributed by atoms with Crippen LogP contribution >= 0.6 is 22.6 Å². The number of ether oxygens (including phenoxy) is 2. The number of anilines is 1. The van der Waals surface area contributed by atoms with E-state index in [1.165, 1.54) is 13.4 Å². The van der Waals surface area contributed by atoms with Gasteiger partial charge in [0, 0.05) is 11.5 Å². The SMILES string of the molecule is COC1C(O)C(CI)OC1n1cnc2c(=O)[nH]c(N)nc21. The largest absolute Gasteiger partial charge is 0.387 e. The van der Waals surface area contributed by atoms with E-state index in [1.807, 2.05) is 0 Å². The lowest BCUT2D eigenvalue weighted by molar-refractivity contribution is -0.0465. The molecule has 2 aromatic rings. The smallest absolute Gasteiger partial charge is 0.280 e. The Kier molecular flexibility index (Phi) is 3.86. The first-order chi connectivity index (χ1) is 10.1. The molecule has 3 rings (SSSR count). The van der Waals surface area contributed by atoms with Crippen molar-refractivity contribution < 1.29 is 14.6 Å². The second-order valence-corrected chi connectivity index (χ2v) is 5.57. The molecule has 1 aliphatic rings. The highest BCUT2D eigenvalue weighted by Gasteiger charge is 2.45. The van der Waals surface area contributed by atoms with Gasteiger partial charge in [-0.15, -0.1) is 0 Å². The van der Waals surface area contributed by atoms with Gasteiger partial charge < -0.3 is 20.3 Å². The Morgan fingerprint density at radius 3 is 3.10 bits per heavy atom. The maximum absolute atomic E-state index is 11.8. The van der Waals surface area contributed by atoms with E-state index in [1.54, 1.807) is 4.57 Å². The number of fused-ring (bicyclic) bond motifs is 1. The second-order valence-electron chi connectivity index (χ2n) is 4.69. The third-order valence-corrected chi connectivity index (χ3v) is 4.33. The van der Waals surface area contributed by atoms with Crippen LogP contribution < -0.4 is 11.3 Å². The van der Waals surface area contributed by atoms with Gasteiger partial charge >= 0.3 is 0 Å². The van der Waals surface area contributed by atoms with Crippen LogP contribution in [0.3, 0.4) is 0 Å². The number of aliphatic hydroxyl groups excluding tert-OH is 1. The standard InChI is InChI=1S/C11H14IN5O4/c1-20-7-6(18)4(2-12)21-10(7)17-3-14-5-8(17)15-11(13)16-9(5)19/h3-4,6-7,10,18H,2H2,1H3,(H3,13,15,16,19). The van der Waals surface area contributed by atoms with Gasteiger partial charge in [0.15, 0.2) is 17.4 Å². The number of nitrogens with one attached hydrogen (secondary N) is 1. The van der Waals surface area contributed by atoms with Gasteiger partial charge in [-0.2, -0.15) is 4.98 Å². The van der Waals surface area contributed by atoms with Crippen LogP contribution in [0.25, 0.3) is 11.2 Å². The Bertz CT molecular complexity index is 716. The molecule has 4 unspecified atom stereocenters. The summed E-state index contributed by atoms with van der Waals surface area (Å²) >= 11 is 2.13. The molecule has 1 fully saturated rings. The van der Waals surface area contributed by atoms with Crippen LogP contribution in [0.15, 0.2) is 11.1 Å². The molecular weight excluding hydrogens is 393 g/mol. The number of nitrogen functional groups attached to an aromatic ring is 1. The summed E-state index contributed by atoms with van der Waals surface area (Å²) in [6.45, 7) is 0. The van der Waals surface area contributed by atoms with E-state index < -0.39 is 24.0 Å². The van der Waals surface area contributed by atoms with Gasteiger partial charge in [0.2, 0.25) is 5.95 Å². The average Bonchev–Trinajstić information content (AvgIpc) is 2.99. The van der Waals surface area contributed by atoms with Crippen molar-refractivity contribution in [3.63, 3.8) is 0 Å². The Labute approximate surface area is 132 Å². The lowest BCUT2D eigenvalue weighted by atomic mass is 10.1. The van der Waals surface area contributed by atoms with E-state index in [4.69, 9.17) is 15.2 Å². The van der Waals surface area contributed by atoms with Crippen molar-refractivity contribution in [3.8, 4) is 0 Å². The highest BCUT2D eigenvalue weighted by molar-refractivity contribution is 14.1. The van der Waals surface area contributed by atoms with Gasteiger partial charge in [-0.25, -0.2) is 4.98 Å². The summed E-state index contributed by atoms with van der Waals surface area (Å²) < 4.78 is 13.3. The molecule has 0 saturated carbocycles. The fraction of sp³-hybridized carbons (Fsp3) is 0.545. The van der Waals surface area contributed by atoms with Crippen molar-refractivity contribution in [2.75, 3.05) is 17.3 Å². The molecule has 9 nitrogen and oxygen atoms in total. The molecule has 4 atom stereocenters. The molecule has 10 heteroatoms. The molecule has 0 radical (unpaired) electrons. The number of methoxy groups -OCH3 is 1. The molecule has 0 aromatic carbocycles. The van der Waals surface area contributed by atoms with Crippen LogP contribution in [0.4, 0.5) is 5.95 Å². The Balaban J connectivity index is 2.10. The zero-order chi connectivity index (χ0) is 15.1. The number of aromatic amines is 1. The summed E-state index contributed by atoms with van der Waals surface area (Å²) in [7, 11) is 1.49. The summed E-state index contributed by atoms with van der Waals surface area (Å²) in [5.41, 5.74) is 5.60. The predicted molar refractivity (Wildman–Crippen MR) is 82.2 cm³/mol. The fourth-order valence-corrected chi connectivity index (χ4v) is 3.18. The summed E-state index contributed by atoms with van der Waals surface area (Å²) in [6, 6.07) is 0. The van der Waals surface area contributed by atoms with E-state index in [2.05, 4.69) is 37.5 Å². The summed E-state index contributed by atoms with van der Waals surface area (Å²) in [6.07, 6.45) is -0.898. The van der Waals surface area contributed by atoms with Crippen molar-refractivity contribution >= 4 is 39.7 Å². The minimum absolute atomic E-state index is 0.00722. The Hall–Kier alpha value is -1.24. The van der Waals surface area contributed by atoms with Crippen LogP contribution in [0.2, 0.25) is 0 Å². The Morgan fingerprint density at radius 1 is 1.67 bits per heavy atom. The normalized spacial score (nSPS) is 29.3. The number of alkyl halides is 1. The molecule has 1 aliphatic heterocycles. The minimum Gasteiger partial charge on any atom is -0.387 e. The van der Waals surface area contributed by atoms with Crippen LogP contribution in [0.5, 0.6) is 0 Å². The van der Waals surface area contributed by atoms with Crippen molar-refractivity contribution in [2.24, 2.45) is 0 Å². The number of halogens is 1. The van der Waals surface area contributed by atoms with Crippen molar-refractivity contribution in [2.45, 2.75) is 24.5 Å². The quantitative estimate of drug-likeness (QED) is 0.458. The first-order valence-electron chi connectivity index (χ1n) is 6.21. The number of nitrogens with zero attached hydrogens (tertiary/aromatic N) is 3. The van der Waals surface area contributed by atoms with Crippen LogP contribution in [0, 0.1) is 0 Å². The molecule has 0 bridgehead atoms. The lowest BCUT2D eigenvalue weighted by Crippen LogP contribution is -2.33. The summed E-state index contributed by atoms with van der Waals surface area (Å²) in [5.74, 6) is -0.00722. The van der Waals surface area contributed by atoms with Gasteiger partial charge in [-0.3, -0.25) is 14.3 Å².